The summed E-state index contributed by atoms with van der Waals surface area (Å²) in [5.41, 5.74) is 5.37. The Morgan fingerprint density at radius 3 is 2.46 bits per heavy atom. The molecule has 1 amide bonds. The third kappa shape index (κ3) is 5.12. The number of nitrogens with zero attached hydrogens (tertiary/aromatic N) is 1. The van der Waals surface area contributed by atoms with Crippen LogP contribution in [0.15, 0.2) is 102 Å². The van der Waals surface area contributed by atoms with Gasteiger partial charge in [0, 0.05) is 22.0 Å². The highest BCUT2D eigenvalue weighted by Crippen LogP contribution is 2.33. The molecule has 37 heavy (non-hydrogen) atoms. The monoisotopic (exact) mass is 511 g/mol. The second-order valence-corrected chi connectivity index (χ2v) is 8.44. The van der Waals surface area contributed by atoms with Crippen LogP contribution in [0.5, 0.6) is 5.75 Å². The van der Waals surface area contributed by atoms with Gasteiger partial charge in [-0.15, -0.1) is 0 Å². The van der Waals surface area contributed by atoms with Crippen molar-refractivity contribution < 1.29 is 18.7 Å². The van der Waals surface area contributed by atoms with Crippen molar-refractivity contribution in [3.05, 3.63) is 125 Å². The van der Waals surface area contributed by atoms with Crippen LogP contribution in [0.2, 0.25) is 5.02 Å². The number of nitrogens with one attached hydrogen (secondary N) is 2. The molecule has 5 aromatic rings. The topological polar surface area (TPSA) is 83.5 Å². The largest absolute Gasteiger partial charge is 0.422 e. The van der Waals surface area contributed by atoms with Crippen molar-refractivity contribution >= 4 is 40.6 Å². The maximum absolute atomic E-state index is 14.0. The molecule has 0 unspecified atom stereocenters. The van der Waals surface area contributed by atoms with E-state index in [2.05, 4.69) is 15.5 Å². The number of carbonyl (C=O) groups is 2. The van der Waals surface area contributed by atoms with E-state index in [1.54, 1.807) is 54.6 Å². The Kier molecular flexibility index (Phi) is 6.78. The minimum atomic E-state index is -0.617. The number of H-pyrrole nitrogens is 1. The minimum absolute atomic E-state index is 0.230. The van der Waals surface area contributed by atoms with E-state index in [-0.39, 0.29) is 22.0 Å². The zero-order valence-corrected chi connectivity index (χ0v) is 20.0. The van der Waals surface area contributed by atoms with Gasteiger partial charge >= 0.3 is 5.97 Å². The lowest BCUT2D eigenvalue weighted by Gasteiger charge is -2.08. The van der Waals surface area contributed by atoms with Crippen molar-refractivity contribution in [1.29, 1.82) is 0 Å². The number of aromatic amines is 1. The van der Waals surface area contributed by atoms with E-state index in [9.17, 15) is 14.0 Å². The van der Waals surface area contributed by atoms with Crippen LogP contribution in [0.1, 0.15) is 26.4 Å². The summed E-state index contributed by atoms with van der Waals surface area (Å²) in [6.07, 6.45) is 1.37. The molecule has 0 spiro atoms. The molecule has 0 aliphatic heterocycles. The Labute approximate surface area is 216 Å². The van der Waals surface area contributed by atoms with E-state index >= 15 is 0 Å². The summed E-state index contributed by atoms with van der Waals surface area (Å²) in [4.78, 5) is 28.8. The van der Waals surface area contributed by atoms with Gasteiger partial charge in [-0.2, -0.15) is 5.10 Å². The molecule has 2 N–H and O–H groups in total. The van der Waals surface area contributed by atoms with Crippen LogP contribution >= 0.6 is 11.6 Å². The number of aromatic nitrogens is 1. The molecule has 6 nitrogen and oxygen atoms in total. The number of hydrazone groups is 1. The maximum Gasteiger partial charge on any atom is 0.345 e. The van der Waals surface area contributed by atoms with Crippen LogP contribution in [0, 0.1) is 5.82 Å². The normalized spacial score (nSPS) is 11.1. The Morgan fingerprint density at radius 1 is 0.919 bits per heavy atom. The third-order valence-electron chi connectivity index (χ3n) is 5.64. The number of hydrogen-bond donors (Lipinski definition) is 2. The van der Waals surface area contributed by atoms with Crippen molar-refractivity contribution in [3.8, 4) is 16.9 Å². The Bertz CT molecular complexity index is 1650. The van der Waals surface area contributed by atoms with E-state index in [1.807, 2.05) is 30.3 Å². The average molecular weight is 512 g/mol. The number of rotatable bonds is 6. The Balaban J connectivity index is 1.40. The van der Waals surface area contributed by atoms with E-state index in [0.29, 0.717) is 22.0 Å². The van der Waals surface area contributed by atoms with Gasteiger partial charge in [0.15, 0.2) is 0 Å². The van der Waals surface area contributed by atoms with Gasteiger partial charge in [-0.05, 0) is 48.0 Å². The lowest BCUT2D eigenvalue weighted by Crippen LogP contribution is -2.19. The van der Waals surface area contributed by atoms with Gasteiger partial charge in [0.05, 0.1) is 16.8 Å². The second kappa shape index (κ2) is 10.5. The molecule has 0 aliphatic carbocycles. The van der Waals surface area contributed by atoms with Gasteiger partial charge in [0.2, 0.25) is 0 Å². The fourth-order valence-electron chi connectivity index (χ4n) is 3.92. The molecule has 0 radical (unpaired) electrons. The molecule has 0 aliphatic rings. The highest BCUT2D eigenvalue weighted by atomic mass is 35.5. The quantitative estimate of drug-likeness (QED) is 0.116. The molecular formula is C29H19ClFN3O3. The third-order valence-corrected chi connectivity index (χ3v) is 5.96. The van der Waals surface area contributed by atoms with E-state index in [1.165, 1.54) is 18.3 Å². The summed E-state index contributed by atoms with van der Waals surface area (Å²) in [6.45, 7) is 0. The first-order valence-electron chi connectivity index (χ1n) is 11.3. The number of amides is 1. The fourth-order valence-corrected chi connectivity index (χ4v) is 4.13. The molecule has 8 heteroatoms. The fraction of sp³-hybridized carbons (Fsp3) is 0. The standard InChI is InChI=1S/C29H19ClFN3O3/c30-23-12-6-5-11-21(23)29(36)37-25-13-7-4-10-19(25)17-32-34-28(35)27-26(18-8-2-1-3-9-18)22-16-20(31)14-15-24(22)33-27/h1-17,33H,(H,34,35). The van der Waals surface area contributed by atoms with Crippen molar-refractivity contribution in [2.75, 3.05) is 0 Å². The number of esters is 1. The van der Waals surface area contributed by atoms with E-state index < -0.39 is 17.7 Å². The van der Waals surface area contributed by atoms with Gasteiger partial charge in [-0.3, -0.25) is 4.79 Å². The average Bonchev–Trinajstić information content (AvgIpc) is 3.29. The molecule has 0 saturated carbocycles. The van der Waals surface area contributed by atoms with Gasteiger partial charge in [-0.1, -0.05) is 66.2 Å². The molecule has 0 saturated heterocycles. The number of fused-ring (bicyclic) bond motifs is 1. The van der Waals surface area contributed by atoms with Gasteiger partial charge < -0.3 is 9.72 Å². The zero-order chi connectivity index (χ0) is 25.8. The van der Waals surface area contributed by atoms with Crippen molar-refractivity contribution in [3.63, 3.8) is 0 Å². The van der Waals surface area contributed by atoms with Crippen molar-refractivity contribution in [2.24, 2.45) is 5.10 Å². The second-order valence-electron chi connectivity index (χ2n) is 8.04. The number of benzene rings is 4. The molecule has 182 valence electrons. The summed E-state index contributed by atoms with van der Waals surface area (Å²) in [5, 5.41) is 4.92. The Morgan fingerprint density at radius 2 is 1.65 bits per heavy atom. The molecule has 1 heterocycles. The number of para-hydroxylation sites is 1. The summed E-state index contributed by atoms with van der Waals surface area (Å²) < 4.78 is 19.5. The molecular weight excluding hydrogens is 493 g/mol. The SMILES string of the molecule is O=C(Oc1ccccc1C=NNC(=O)c1[nH]c2ccc(F)cc2c1-c1ccccc1)c1ccccc1Cl. The number of ether oxygens (including phenoxy) is 1. The van der Waals surface area contributed by atoms with Crippen LogP contribution < -0.4 is 10.2 Å². The van der Waals surface area contributed by atoms with Crippen LogP contribution in [-0.2, 0) is 0 Å². The molecule has 1 aromatic heterocycles. The van der Waals surface area contributed by atoms with E-state index in [0.717, 1.165) is 5.56 Å². The first-order valence-corrected chi connectivity index (χ1v) is 11.6. The summed E-state index contributed by atoms with van der Waals surface area (Å²) in [6, 6.07) is 26.9. The maximum atomic E-state index is 14.0. The number of hydrogen-bond acceptors (Lipinski definition) is 4. The molecule has 0 atom stereocenters. The predicted molar refractivity (Wildman–Crippen MR) is 142 cm³/mol. The van der Waals surface area contributed by atoms with Crippen molar-refractivity contribution in [2.45, 2.75) is 0 Å². The number of halogens is 2. The summed E-state index contributed by atoms with van der Waals surface area (Å²) >= 11 is 6.10. The lowest BCUT2D eigenvalue weighted by atomic mass is 10.0. The number of carbonyl (C=O) groups excluding carboxylic acids is 2. The van der Waals surface area contributed by atoms with E-state index in [4.69, 9.17) is 16.3 Å². The smallest absolute Gasteiger partial charge is 0.345 e. The molecule has 5 rings (SSSR count). The zero-order valence-electron chi connectivity index (χ0n) is 19.2. The lowest BCUT2D eigenvalue weighted by molar-refractivity contribution is 0.0734. The first kappa shape index (κ1) is 24.0. The van der Waals surface area contributed by atoms with Crippen LogP contribution in [-0.4, -0.2) is 23.1 Å². The molecule has 0 bridgehead atoms. The summed E-state index contributed by atoms with van der Waals surface area (Å²) in [7, 11) is 0. The van der Waals surface area contributed by atoms with Crippen LogP contribution in [0.3, 0.4) is 0 Å². The van der Waals surface area contributed by atoms with Crippen LogP contribution in [0.4, 0.5) is 4.39 Å². The highest BCUT2D eigenvalue weighted by Gasteiger charge is 2.20. The molecule has 4 aromatic carbocycles. The Hall–Kier alpha value is -4.75. The van der Waals surface area contributed by atoms with Gasteiger partial charge in [0.1, 0.15) is 17.3 Å². The highest BCUT2D eigenvalue weighted by molar-refractivity contribution is 6.33. The molecule has 0 fully saturated rings. The first-order chi connectivity index (χ1) is 18.0. The summed E-state index contributed by atoms with van der Waals surface area (Å²) in [5.74, 6) is -1.29. The minimum Gasteiger partial charge on any atom is -0.422 e. The van der Waals surface area contributed by atoms with Gasteiger partial charge in [-0.25, -0.2) is 14.6 Å². The predicted octanol–water partition coefficient (Wildman–Crippen LogP) is 6.61. The van der Waals surface area contributed by atoms with Crippen LogP contribution in [0.25, 0.3) is 22.0 Å². The van der Waals surface area contributed by atoms with Gasteiger partial charge in [0.25, 0.3) is 5.91 Å². The van der Waals surface area contributed by atoms with Crippen molar-refractivity contribution in [1.82, 2.24) is 10.4 Å².